The van der Waals surface area contributed by atoms with Gasteiger partial charge in [0, 0.05) is 11.1 Å². The van der Waals surface area contributed by atoms with Crippen LogP contribution in [-0.4, -0.2) is 7.11 Å². The van der Waals surface area contributed by atoms with E-state index in [2.05, 4.69) is 42.7 Å². The molecule has 0 bridgehead atoms. The molecule has 22 heavy (non-hydrogen) atoms. The maximum Gasteiger partial charge on any atom is 0.118 e. The van der Waals surface area contributed by atoms with Gasteiger partial charge in [-0.25, -0.2) is 0 Å². The topological polar surface area (TPSA) is 9.23 Å². The van der Waals surface area contributed by atoms with E-state index in [1.807, 2.05) is 36.4 Å². The molecule has 0 aliphatic rings. The normalized spacial score (nSPS) is 9.55. The van der Waals surface area contributed by atoms with Gasteiger partial charge in [-0.05, 0) is 60.5 Å². The van der Waals surface area contributed by atoms with Gasteiger partial charge in [-0.15, -0.1) is 0 Å². The summed E-state index contributed by atoms with van der Waals surface area (Å²) in [5.74, 6) is 12.9. The minimum atomic E-state index is 0.834. The van der Waals surface area contributed by atoms with Crippen molar-refractivity contribution in [2.45, 2.75) is 13.3 Å². The molecule has 0 radical (unpaired) electrons. The summed E-state index contributed by atoms with van der Waals surface area (Å²) in [7, 11) is 1.65. The first-order valence-corrected chi connectivity index (χ1v) is 7.23. The highest BCUT2D eigenvalue weighted by Gasteiger charge is 1.89. The Balaban J connectivity index is 1.93. The van der Waals surface area contributed by atoms with Gasteiger partial charge in [0.1, 0.15) is 5.75 Å². The van der Waals surface area contributed by atoms with E-state index in [9.17, 15) is 0 Å². The van der Waals surface area contributed by atoms with Crippen LogP contribution in [0.4, 0.5) is 0 Å². The van der Waals surface area contributed by atoms with Gasteiger partial charge in [-0.2, -0.15) is 0 Å². The van der Waals surface area contributed by atoms with Gasteiger partial charge in [0.25, 0.3) is 0 Å². The van der Waals surface area contributed by atoms with E-state index in [4.69, 9.17) is 4.74 Å². The number of benzene rings is 2. The minimum absolute atomic E-state index is 0.834. The fourth-order valence-corrected chi connectivity index (χ4v) is 1.83. The second-order valence-corrected chi connectivity index (χ2v) is 4.65. The molecule has 0 N–H and O–H groups in total. The Labute approximate surface area is 132 Å². The van der Waals surface area contributed by atoms with Crippen molar-refractivity contribution in [2.75, 3.05) is 7.11 Å². The van der Waals surface area contributed by atoms with Gasteiger partial charge in [0.05, 0.1) is 7.11 Å². The molecular weight excluding hydrogens is 268 g/mol. The van der Waals surface area contributed by atoms with Crippen LogP contribution < -0.4 is 4.74 Å². The Morgan fingerprint density at radius 3 is 1.77 bits per heavy atom. The van der Waals surface area contributed by atoms with Gasteiger partial charge in [-0.3, -0.25) is 0 Å². The largest absolute Gasteiger partial charge is 0.497 e. The summed E-state index contributed by atoms with van der Waals surface area (Å²) in [6.07, 6.45) is 4.58. The van der Waals surface area contributed by atoms with Crippen LogP contribution in [-0.2, 0) is 6.42 Å². The first kappa shape index (κ1) is 15.5. The molecule has 0 amide bonds. The molecule has 108 valence electrons. The molecule has 0 heterocycles. The summed E-state index contributed by atoms with van der Waals surface area (Å²) in [4.78, 5) is 0. The first-order chi connectivity index (χ1) is 10.8. The van der Waals surface area contributed by atoms with E-state index < -0.39 is 0 Å². The Hall–Kier alpha value is -2.90. The van der Waals surface area contributed by atoms with Gasteiger partial charge < -0.3 is 4.74 Å². The molecule has 0 unspecified atom stereocenters. The number of rotatable bonds is 2. The standard InChI is InChI=1S/C21H18O/c1-3-18-10-12-19(13-11-18)8-6-4-5-7-9-20-14-16-21(22-2)17-15-20/h4-5,10-17H,3H2,1-2H3/b5-4+. The highest BCUT2D eigenvalue weighted by Crippen LogP contribution is 2.10. The van der Waals surface area contributed by atoms with Gasteiger partial charge in [-0.1, -0.05) is 42.7 Å². The molecule has 0 atom stereocenters. The third-order valence-electron chi connectivity index (χ3n) is 3.14. The van der Waals surface area contributed by atoms with Gasteiger partial charge in [0.2, 0.25) is 0 Å². The predicted octanol–water partition coefficient (Wildman–Crippen LogP) is 4.22. The van der Waals surface area contributed by atoms with Crippen LogP contribution in [0, 0.1) is 23.7 Å². The third kappa shape index (κ3) is 4.89. The van der Waals surface area contributed by atoms with Gasteiger partial charge >= 0.3 is 0 Å². The molecule has 0 saturated carbocycles. The summed E-state index contributed by atoms with van der Waals surface area (Å²) in [6.45, 7) is 2.14. The molecule has 1 heteroatoms. The lowest BCUT2D eigenvalue weighted by Crippen LogP contribution is -1.81. The molecule has 2 rings (SSSR count). The Kier molecular flexibility index (Phi) is 5.91. The van der Waals surface area contributed by atoms with Crippen molar-refractivity contribution in [1.82, 2.24) is 0 Å². The van der Waals surface area contributed by atoms with E-state index in [-0.39, 0.29) is 0 Å². The maximum atomic E-state index is 5.10. The summed E-state index contributed by atoms with van der Waals surface area (Å²) in [5, 5.41) is 0. The number of allylic oxidation sites excluding steroid dienone is 2. The van der Waals surface area contributed by atoms with E-state index in [0.29, 0.717) is 0 Å². The average molecular weight is 286 g/mol. The predicted molar refractivity (Wildman–Crippen MR) is 91.7 cm³/mol. The first-order valence-electron chi connectivity index (χ1n) is 7.23. The molecule has 0 aliphatic carbocycles. The number of hydrogen-bond acceptors (Lipinski definition) is 1. The van der Waals surface area contributed by atoms with Crippen LogP contribution in [0.5, 0.6) is 5.75 Å². The molecule has 0 aromatic heterocycles. The van der Waals surface area contributed by atoms with Crippen molar-refractivity contribution < 1.29 is 4.74 Å². The lowest BCUT2D eigenvalue weighted by Gasteiger charge is -1.97. The highest BCUT2D eigenvalue weighted by molar-refractivity contribution is 5.42. The quantitative estimate of drug-likeness (QED) is 0.751. The Bertz CT molecular complexity index is 675. The van der Waals surface area contributed by atoms with Crippen molar-refractivity contribution in [1.29, 1.82) is 0 Å². The highest BCUT2D eigenvalue weighted by atomic mass is 16.5. The number of ether oxygens (including phenoxy) is 1. The lowest BCUT2D eigenvalue weighted by atomic mass is 10.1. The molecule has 0 fully saturated rings. The SMILES string of the molecule is CCc1ccc(C#C/C=C/C#Cc2ccc(OC)cc2)cc1. The van der Waals surface area contributed by atoms with Crippen LogP contribution in [0.1, 0.15) is 23.6 Å². The maximum absolute atomic E-state index is 5.10. The van der Waals surface area contributed by atoms with Gasteiger partial charge in [0.15, 0.2) is 0 Å². The van der Waals surface area contributed by atoms with Crippen LogP contribution in [0.15, 0.2) is 60.7 Å². The second-order valence-electron chi connectivity index (χ2n) is 4.65. The van der Waals surface area contributed by atoms with Crippen LogP contribution >= 0.6 is 0 Å². The van der Waals surface area contributed by atoms with Crippen molar-refractivity contribution >= 4 is 0 Å². The van der Waals surface area contributed by atoms with Crippen LogP contribution in [0.2, 0.25) is 0 Å². The molecule has 2 aromatic rings. The Morgan fingerprint density at radius 1 is 0.818 bits per heavy atom. The zero-order valence-corrected chi connectivity index (χ0v) is 12.9. The molecule has 1 nitrogen and oxygen atoms in total. The summed E-state index contributed by atoms with van der Waals surface area (Å²) >= 11 is 0. The minimum Gasteiger partial charge on any atom is -0.497 e. The van der Waals surface area contributed by atoms with Crippen molar-refractivity contribution in [3.05, 3.63) is 77.4 Å². The molecular formula is C21H18O. The van der Waals surface area contributed by atoms with Crippen molar-refractivity contribution in [2.24, 2.45) is 0 Å². The van der Waals surface area contributed by atoms with E-state index >= 15 is 0 Å². The fourth-order valence-electron chi connectivity index (χ4n) is 1.83. The fraction of sp³-hybridized carbons (Fsp3) is 0.143. The van der Waals surface area contributed by atoms with E-state index in [1.54, 1.807) is 19.3 Å². The smallest absolute Gasteiger partial charge is 0.118 e. The summed E-state index contributed by atoms with van der Waals surface area (Å²) < 4.78 is 5.10. The zero-order valence-electron chi connectivity index (χ0n) is 12.9. The van der Waals surface area contributed by atoms with Crippen molar-refractivity contribution in [3.8, 4) is 29.4 Å². The summed E-state index contributed by atoms with van der Waals surface area (Å²) in [5.41, 5.74) is 3.30. The monoisotopic (exact) mass is 286 g/mol. The second kappa shape index (κ2) is 8.40. The zero-order chi connectivity index (χ0) is 15.6. The van der Waals surface area contributed by atoms with Crippen LogP contribution in [0.3, 0.4) is 0 Å². The molecule has 0 spiro atoms. The Morgan fingerprint density at radius 2 is 1.32 bits per heavy atom. The van der Waals surface area contributed by atoms with Crippen molar-refractivity contribution in [3.63, 3.8) is 0 Å². The molecule has 0 saturated heterocycles. The van der Waals surface area contributed by atoms with E-state index in [0.717, 1.165) is 23.3 Å². The average Bonchev–Trinajstić information content (AvgIpc) is 2.59. The lowest BCUT2D eigenvalue weighted by molar-refractivity contribution is 0.415. The van der Waals surface area contributed by atoms with Crippen LogP contribution in [0.25, 0.3) is 0 Å². The van der Waals surface area contributed by atoms with E-state index in [1.165, 1.54) is 5.56 Å². The number of hydrogen-bond donors (Lipinski definition) is 0. The molecule has 0 aliphatic heterocycles. The third-order valence-corrected chi connectivity index (χ3v) is 3.14. The number of methoxy groups -OCH3 is 1. The molecule has 2 aromatic carbocycles. The summed E-state index contributed by atoms with van der Waals surface area (Å²) in [6, 6.07) is 16.0. The number of aryl methyl sites for hydroxylation is 1.